The lowest BCUT2D eigenvalue weighted by Gasteiger charge is -2.39. The maximum Gasteiger partial charge on any atom is 0.203 e. The molecule has 1 heterocycles. The first-order valence-corrected chi connectivity index (χ1v) is 9.31. The molecule has 1 aliphatic rings. The maximum absolute atomic E-state index is 5.55. The number of aliphatic imine (C=N–C) groups is 1. The molecule has 0 atom stereocenters. The molecule has 0 unspecified atom stereocenters. The van der Waals surface area contributed by atoms with Crippen LogP contribution in [-0.2, 0) is 6.54 Å². The monoisotopic (exact) mass is 367 g/mol. The van der Waals surface area contributed by atoms with Crippen LogP contribution in [0.25, 0.3) is 0 Å². The van der Waals surface area contributed by atoms with Crippen LogP contribution in [0.15, 0.2) is 17.1 Å². The molecular weight excluding hydrogens is 338 g/mol. The minimum Gasteiger partial charge on any atom is -0.493 e. The van der Waals surface area contributed by atoms with E-state index >= 15 is 0 Å². The lowest BCUT2D eigenvalue weighted by atomic mass is 10.1. The predicted octanol–water partition coefficient (Wildman–Crippen LogP) is 2.62. The summed E-state index contributed by atoms with van der Waals surface area (Å²) in [5, 5.41) is 3.45. The Kier molecular flexibility index (Phi) is 6.70. The van der Waals surface area contributed by atoms with Gasteiger partial charge in [-0.3, -0.25) is 4.99 Å². The van der Waals surface area contributed by atoms with E-state index in [2.05, 4.69) is 29.1 Å². The summed E-state index contributed by atoms with van der Waals surface area (Å²) in [7, 11) is 6.69. The molecule has 0 aliphatic carbocycles. The molecule has 7 heteroatoms. The second-order valence-electron chi connectivity index (χ2n) is 6.42. The van der Waals surface area contributed by atoms with Crippen molar-refractivity contribution in [3.8, 4) is 17.2 Å². The fourth-order valence-corrected chi connectivity index (χ4v) is 4.12. The van der Waals surface area contributed by atoms with Gasteiger partial charge in [0.05, 0.1) is 21.3 Å². The number of hydrogen-bond acceptors (Lipinski definition) is 5. The van der Waals surface area contributed by atoms with Gasteiger partial charge in [0.15, 0.2) is 17.5 Å². The molecule has 0 amide bonds. The van der Waals surface area contributed by atoms with Gasteiger partial charge in [0.25, 0.3) is 0 Å². The molecule has 1 fully saturated rings. The Hall–Kier alpha value is -1.76. The average molecular weight is 368 g/mol. The van der Waals surface area contributed by atoms with Crippen molar-refractivity contribution in [2.45, 2.75) is 25.1 Å². The van der Waals surface area contributed by atoms with E-state index in [0.717, 1.165) is 30.4 Å². The predicted molar refractivity (Wildman–Crippen MR) is 104 cm³/mol. The summed E-state index contributed by atoms with van der Waals surface area (Å²) in [6.07, 6.45) is 0. The lowest BCUT2D eigenvalue weighted by Crippen LogP contribution is -2.50. The quantitative estimate of drug-likeness (QED) is 0.638. The molecule has 6 nitrogen and oxygen atoms in total. The molecule has 0 spiro atoms. The van der Waals surface area contributed by atoms with Gasteiger partial charge in [-0.15, -0.1) is 0 Å². The minimum atomic E-state index is 0.233. The van der Waals surface area contributed by atoms with Crippen LogP contribution < -0.4 is 19.5 Å². The molecule has 0 bridgehead atoms. The number of rotatable bonds is 5. The fraction of sp³-hybridized carbons (Fsp3) is 0.611. The number of nitrogens with one attached hydrogen (secondary N) is 1. The zero-order chi connectivity index (χ0) is 18.4. The summed E-state index contributed by atoms with van der Waals surface area (Å²) in [6.45, 7) is 7.11. The first-order valence-electron chi connectivity index (χ1n) is 8.33. The molecule has 0 aromatic heterocycles. The van der Waals surface area contributed by atoms with E-state index in [4.69, 9.17) is 14.2 Å². The highest BCUT2D eigenvalue weighted by molar-refractivity contribution is 8.00. The van der Waals surface area contributed by atoms with E-state index in [9.17, 15) is 0 Å². The van der Waals surface area contributed by atoms with Crippen molar-refractivity contribution in [2.75, 3.05) is 47.2 Å². The van der Waals surface area contributed by atoms with Gasteiger partial charge in [-0.1, -0.05) is 0 Å². The Balaban J connectivity index is 2.14. The first kappa shape index (κ1) is 19.6. The molecule has 25 heavy (non-hydrogen) atoms. The average Bonchev–Trinajstić information content (AvgIpc) is 2.60. The third-order valence-electron chi connectivity index (χ3n) is 4.16. The van der Waals surface area contributed by atoms with E-state index < -0.39 is 0 Å². The summed E-state index contributed by atoms with van der Waals surface area (Å²) in [4.78, 5) is 6.76. The topological polar surface area (TPSA) is 55.3 Å². The van der Waals surface area contributed by atoms with Crippen molar-refractivity contribution < 1.29 is 14.2 Å². The number of ether oxygens (including phenoxy) is 3. The highest BCUT2D eigenvalue weighted by Crippen LogP contribution is 2.39. The number of nitrogens with zero attached hydrogens (tertiary/aromatic N) is 2. The van der Waals surface area contributed by atoms with Crippen LogP contribution >= 0.6 is 11.8 Å². The third kappa shape index (κ3) is 4.66. The molecule has 1 aromatic rings. The number of guanidine groups is 1. The normalized spacial score (nSPS) is 17.2. The Morgan fingerprint density at radius 1 is 1.20 bits per heavy atom. The van der Waals surface area contributed by atoms with Gasteiger partial charge in [0, 0.05) is 42.7 Å². The summed E-state index contributed by atoms with van der Waals surface area (Å²) >= 11 is 2.01. The lowest BCUT2D eigenvalue weighted by molar-refractivity contribution is 0.321. The minimum absolute atomic E-state index is 0.233. The van der Waals surface area contributed by atoms with Crippen molar-refractivity contribution in [2.24, 2.45) is 4.99 Å². The van der Waals surface area contributed by atoms with Gasteiger partial charge in [-0.05, 0) is 26.0 Å². The van der Waals surface area contributed by atoms with Crippen LogP contribution in [0.4, 0.5) is 0 Å². The van der Waals surface area contributed by atoms with Gasteiger partial charge >= 0.3 is 0 Å². The Morgan fingerprint density at radius 2 is 1.92 bits per heavy atom. The highest BCUT2D eigenvalue weighted by Gasteiger charge is 2.28. The van der Waals surface area contributed by atoms with E-state index in [-0.39, 0.29) is 4.75 Å². The van der Waals surface area contributed by atoms with Gasteiger partial charge in [-0.25, -0.2) is 0 Å². The maximum atomic E-state index is 5.55. The van der Waals surface area contributed by atoms with Gasteiger partial charge in [0.1, 0.15) is 0 Å². The molecule has 140 valence electrons. The second-order valence-corrected chi connectivity index (χ2v) is 8.23. The SMILES string of the molecule is CN=C(NCc1ccc(OC)c(OC)c1OC)N1CCSC(C)(C)C1. The van der Waals surface area contributed by atoms with Gasteiger partial charge in [0.2, 0.25) is 5.75 Å². The smallest absolute Gasteiger partial charge is 0.203 e. The summed E-state index contributed by atoms with van der Waals surface area (Å²) in [5.74, 6) is 3.95. The zero-order valence-electron chi connectivity index (χ0n) is 16.0. The molecule has 2 rings (SSSR count). The Morgan fingerprint density at radius 3 is 2.48 bits per heavy atom. The Labute approximate surface area is 154 Å². The van der Waals surface area contributed by atoms with Crippen LogP contribution in [-0.4, -0.2) is 62.8 Å². The van der Waals surface area contributed by atoms with Crippen LogP contribution in [0.1, 0.15) is 19.4 Å². The van der Waals surface area contributed by atoms with Crippen LogP contribution in [0, 0.1) is 0 Å². The van der Waals surface area contributed by atoms with E-state index in [1.54, 1.807) is 21.3 Å². The van der Waals surface area contributed by atoms with Crippen LogP contribution in [0.3, 0.4) is 0 Å². The number of methoxy groups -OCH3 is 3. The number of hydrogen-bond donors (Lipinski definition) is 1. The molecule has 0 radical (unpaired) electrons. The van der Waals surface area contributed by atoms with Crippen molar-refractivity contribution in [1.82, 2.24) is 10.2 Å². The molecule has 0 saturated carbocycles. The standard InChI is InChI=1S/C18H29N3O3S/c1-18(2)12-21(9-10-25-18)17(19-3)20-11-13-7-8-14(22-4)16(24-6)15(13)23-5/h7-8H,9-12H2,1-6H3,(H,19,20). The molecule has 1 aliphatic heterocycles. The molecule has 1 aromatic carbocycles. The second kappa shape index (κ2) is 8.56. The zero-order valence-corrected chi connectivity index (χ0v) is 16.8. The Bertz CT molecular complexity index is 620. The van der Waals surface area contributed by atoms with Crippen molar-refractivity contribution in [1.29, 1.82) is 0 Å². The van der Waals surface area contributed by atoms with E-state index in [1.807, 2.05) is 30.9 Å². The van der Waals surface area contributed by atoms with Crippen molar-refractivity contribution in [3.63, 3.8) is 0 Å². The highest BCUT2D eigenvalue weighted by atomic mass is 32.2. The molecule has 1 N–H and O–H groups in total. The van der Waals surface area contributed by atoms with Gasteiger partial charge < -0.3 is 24.4 Å². The number of thioether (sulfide) groups is 1. The first-order chi connectivity index (χ1) is 12.0. The van der Waals surface area contributed by atoms with Crippen LogP contribution in [0.5, 0.6) is 17.2 Å². The van der Waals surface area contributed by atoms with E-state index in [1.165, 1.54) is 0 Å². The molecule has 1 saturated heterocycles. The third-order valence-corrected chi connectivity index (χ3v) is 5.46. The molecular formula is C18H29N3O3S. The van der Waals surface area contributed by atoms with Crippen molar-refractivity contribution >= 4 is 17.7 Å². The van der Waals surface area contributed by atoms with Gasteiger partial charge in [-0.2, -0.15) is 11.8 Å². The van der Waals surface area contributed by atoms with Crippen LogP contribution in [0.2, 0.25) is 0 Å². The summed E-state index contributed by atoms with van der Waals surface area (Å²) in [5.41, 5.74) is 0.993. The van der Waals surface area contributed by atoms with Crippen molar-refractivity contribution in [3.05, 3.63) is 17.7 Å². The summed E-state index contributed by atoms with van der Waals surface area (Å²) in [6, 6.07) is 3.87. The fourth-order valence-electron chi connectivity index (χ4n) is 3.01. The summed E-state index contributed by atoms with van der Waals surface area (Å²) < 4.78 is 16.6. The number of benzene rings is 1. The van der Waals surface area contributed by atoms with E-state index in [0.29, 0.717) is 23.8 Å². The largest absolute Gasteiger partial charge is 0.493 e.